The highest BCUT2D eigenvalue weighted by Gasteiger charge is 2.17. The van der Waals surface area contributed by atoms with Crippen molar-refractivity contribution in [3.63, 3.8) is 0 Å². The summed E-state index contributed by atoms with van der Waals surface area (Å²) in [4.78, 5) is 25.4. The number of esters is 2. The number of ether oxygens (including phenoxy) is 3. The van der Waals surface area contributed by atoms with Crippen molar-refractivity contribution < 1.29 is 23.8 Å². The van der Waals surface area contributed by atoms with E-state index in [1.54, 1.807) is 0 Å². The maximum atomic E-state index is 12.8. The summed E-state index contributed by atoms with van der Waals surface area (Å²) < 4.78 is 17.4. The van der Waals surface area contributed by atoms with Gasteiger partial charge in [-0.15, -0.1) is 0 Å². The van der Waals surface area contributed by atoms with Crippen LogP contribution in [0.5, 0.6) is 0 Å². The van der Waals surface area contributed by atoms with E-state index >= 15 is 0 Å². The monoisotopic (exact) mass is 889 g/mol. The molecule has 0 heterocycles. The van der Waals surface area contributed by atoms with Crippen LogP contribution in [0, 0.1) is 0 Å². The molecule has 5 heteroatoms. The molecule has 0 radical (unpaired) electrons. The molecule has 0 amide bonds. The fraction of sp³-hybridized carbons (Fsp3) is 0.695. The van der Waals surface area contributed by atoms with Crippen LogP contribution in [-0.4, -0.2) is 37.9 Å². The molecule has 0 saturated heterocycles. The number of carbonyl (C=O) groups is 2. The second-order valence-corrected chi connectivity index (χ2v) is 17.4. The van der Waals surface area contributed by atoms with E-state index in [0.29, 0.717) is 19.4 Å². The molecule has 0 aliphatic heterocycles. The molecule has 0 spiro atoms. The van der Waals surface area contributed by atoms with Crippen LogP contribution in [0.4, 0.5) is 0 Å². The zero-order valence-corrected chi connectivity index (χ0v) is 42.0. The van der Waals surface area contributed by atoms with Crippen LogP contribution < -0.4 is 0 Å². The minimum Gasteiger partial charge on any atom is -0.462 e. The van der Waals surface area contributed by atoms with Crippen LogP contribution in [0.1, 0.15) is 239 Å². The Bertz CT molecular complexity index is 1230. The molecular weight excluding hydrogens is 789 g/mol. The van der Waals surface area contributed by atoms with Gasteiger partial charge in [-0.25, -0.2) is 0 Å². The highest BCUT2D eigenvalue weighted by Crippen LogP contribution is 2.13. The van der Waals surface area contributed by atoms with Crippen molar-refractivity contribution in [3.05, 3.63) is 97.2 Å². The maximum absolute atomic E-state index is 12.8. The van der Waals surface area contributed by atoms with E-state index in [4.69, 9.17) is 14.2 Å². The number of allylic oxidation sites excluding steroid dienone is 16. The van der Waals surface area contributed by atoms with Gasteiger partial charge in [0, 0.05) is 19.4 Å². The normalized spacial score (nSPS) is 13.0. The largest absolute Gasteiger partial charge is 0.462 e. The summed E-state index contributed by atoms with van der Waals surface area (Å²) in [5.74, 6) is -0.432. The van der Waals surface area contributed by atoms with Gasteiger partial charge in [0.1, 0.15) is 6.61 Å². The number of carbonyl (C=O) groups excluding carboxylic acids is 2. The van der Waals surface area contributed by atoms with Gasteiger partial charge >= 0.3 is 11.9 Å². The van der Waals surface area contributed by atoms with Crippen LogP contribution >= 0.6 is 0 Å². The highest BCUT2D eigenvalue weighted by molar-refractivity contribution is 5.70. The Morgan fingerprint density at radius 2 is 0.703 bits per heavy atom. The standard InChI is InChI=1S/C59H100O5/c1-4-7-10-13-16-19-22-25-27-29-30-31-32-35-37-40-43-46-49-52-58(60)63-56-57(64-59(61)53-50-47-44-41-38-34-24-21-18-15-12-9-6-3)55-62-54-51-48-45-42-39-36-33-28-26-23-20-17-14-11-8-5-2/h7-8,10-11,16-17,19-21,24-28,30-31,57H,4-6,9,12-15,18,22-23,29,32-56H2,1-3H3/b10-7-,11-8-,19-16-,20-17-,24-21-,27-25-,28-26-,31-30-. The van der Waals surface area contributed by atoms with Gasteiger partial charge in [-0.05, 0) is 116 Å². The van der Waals surface area contributed by atoms with Crippen molar-refractivity contribution in [3.8, 4) is 0 Å². The van der Waals surface area contributed by atoms with Crippen molar-refractivity contribution >= 4 is 11.9 Å². The molecule has 0 rings (SSSR count). The second kappa shape index (κ2) is 54.2. The smallest absolute Gasteiger partial charge is 0.306 e. The molecule has 366 valence electrons. The van der Waals surface area contributed by atoms with E-state index in [-0.39, 0.29) is 25.2 Å². The molecule has 0 saturated carbocycles. The molecule has 1 unspecified atom stereocenters. The zero-order valence-electron chi connectivity index (χ0n) is 42.0. The lowest BCUT2D eigenvalue weighted by Crippen LogP contribution is -2.30. The Morgan fingerprint density at radius 1 is 0.359 bits per heavy atom. The lowest BCUT2D eigenvalue weighted by atomic mass is 10.1. The van der Waals surface area contributed by atoms with E-state index in [0.717, 1.165) is 116 Å². The maximum Gasteiger partial charge on any atom is 0.306 e. The molecular formula is C59H100O5. The molecule has 0 aromatic heterocycles. The van der Waals surface area contributed by atoms with Crippen LogP contribution in [0.2, 0.25) is 0 Å². The SMILES string of the molecule is CC/C=C\C/C=C\C/C=C\C/C=C\CCCCCCCCC(=O)OCC(COCCCCCCCC/C=C\C/C=C\C/C=C\CC)OC(=O)CCCCCCC/C=C\CCCCCC. The van der Waals surface area contributed by atoms with Crippen molar-refractivity contribution in [2.75, 3.05) is 19.8 Å². The van der Waals surface area contributed by atoms with Crippen molar-refractivity contribution in [1.82, 2.24) is 0 Å². The van der Waals surface area contributed by atoms with Gasteiger partial charge in [0.2, 0.25) is 0 Å². The molecule has 5 nitrogen and oxygen atoms in total. The summed E-state index contributed by atoms with van der Waals surface area (Å²) in [6.45, 7) is 7.54. The fourth-order valence-corrected chi connectivity index (χ4v) is 7.16. The van der Waals surface area contributed by atoms with Gasteiger partial charge in [0.15, 0.2) is 6.10 Å². The molecule has 1 atom stereocenters. The molecule has 0 aromatic carbocycles. The van der Waals surface area contributed by atoms with E-state index in [1.165, 1.54) is 89.9 Å². The van der Waals surface area contributed by atoms with E-state index < -0.39 is 6.10 Å². The molecule has 0 bridgehead atoms. The first-order valence-electron chi connectivity index (χ1n) is 26.8. The van der Waals surface area contributed by atoms with Gasteiger partial charge in [-0.1, -0.05) is 208 Å². The van der Waals surface area contributed by atoms with Gasteiger partial charge in [0.25, 0.3) is 0 Å². The lowest BCUT2D eigenvalue weighted by molar-refractivity contribution is -0.163. The summed E-state index contributed by atoms with van der Waals surface area (Å²) in [6, 6.07) is 0. The molecule has 0 N–H and O–H groups in total. The number of unbranched alkanes of at least 4 members (excludes halogenated alkanes) is 21. The van der Waals surface area contributed by atoms with Crippen LogP contribution in [0.15, 0.2) is 97.2 Å². The Hall–Kier alpha value is -3.18. The van der Waals surface area contributed by atoms with Crippen molar-refractivity contribution in [2.45, 2.75) is 245 Å². The third-order valence-corrected chi connectivity index (χ3v) is 11.1. The topological polar surface area (TPSA) is 61.8 Å². The molecule has 0 aliphatic rings. The summed E-state index contributed by atoms with van der Waals surface area (Å²) in [5, 5.41) is 0. The lowest BCUT2D eigenvalue weighted by Gasteiger charge is -2.18. The fourth-order valence-electron chi connectivity index (χ4n) is 7.16. The van der Waals surface area contributed by atoms with Crippen LogP contribution in [0.3, 0.4) is 0 Å². The third-order valence-electron chi connectivity index (χ3n) is 11.1. The van der Waals surface area contributed by atoms with E-state index in [2.05, 4.69) is 118 Å². The average molecular weight is 889 g/mol. The Balaban J connectivity index is 4.32. The highest BCUT2D eigenvalue weighted by atomic mass is 16.6. The zero-order chi connectivity index (χ0) is 46.3. The van der Waals surface area contributed by atoms with E-state index in [9.17, 15) is 9.59 Å². The van der Waals surface area contributed by atoms with Crippen LogP contribution in [0.25, 0.3) is 0 Å². The first kappa shape index (κ1) is 60.8. The summed E-state index contributed by atoms with van der Waals surface area (Å²) in [7, 11) is 0. The molecule has 64 heavy (non-hydrogen) atoms. The Morgan fingerprint density at radius 3 is 1.14 bits per heavy atom. The third kappa shape index (κ3) is 51.5. The first-order chi connectivity index (χ1) is 31.6. The van der Waals surface area contributed by atoms with Gasteiger partial charge in [-0.2, -0.15) is 0 Å². The minimum absolute atomic E-state index is 0.0645. The number of rotatable bonds is 48. The minimum atomic E-state index is -0.558. The van der Waals surface area contributed by atoms with Crippen molar-refractivity contribution in [1.29, 1.82) is 0 Å². The van der Waals surface area contributed by atoms with Gasteiger partial charge in [-0.3, -0.25) is 9.59 Å². The second-order valence-electron chi connectivity index (χ2n) is 17.4. The predicted octanol–water partition coefficient (Wildman–Crippen LogP) is 18.2. The summed E-state index contributed by atoms with van der Waals surface area (Å²) in [5.41, 5.74) is 0. The van der Waals surface area contributed by atoms with Crippen LogP contribution in [-0.2, 0) is 23.8 Å². The Kier molecular flexibility index (Phi) is 51.5. The molecule has 0 fully saturated rings. The first-order valence-corrected chi connectivity index (χ1v) is 26.8. The quantitative estimate of drug-likeness (QED) is 0.0346. The Labute approximate surface area is 396 Å². The molecule has 0 aromatic rings. The summed E-state index contributed by atoms with van der Waals surface area (Å²) in [6.07, 6.45) is 72.7. The van der Waals surface area contributed by atoms with Crippen molar-refractivity contribution in [2.24, 2.45) is 0 Å². The average Bonchev–Trinajstić information content (AvgIpc) is 3.30. The van der Waals surface area contributed by atoms with E-state index in [1.807, 2.05) is 0 Å². The predicted molar refractivity (Wildman–Crippen MR) is 279 cm³/mol. The van der Waals surface area contributed by atoms with Gasteiger partial charge < -0.3 is 14.2 Å². The number of hydrogen-bond acceptors (Lipinski definition) is 5. The molecule has 0 aliphatic carbocycles. The summed E-state index contributed by atoms with van der Waals surface area (Å²) >= 11 is 0. The number of hydrogen-bond donors (Lipinski definition) is 0. The van der Waals surface area contributed by atoms with Gasteiger partial charge in [0.05, 0.1) is 6.61 Å².